The number of thioether (sulfide) groups is 1. The molecule has 1 aromatic carbocycles. The van der Waals surface area contributed by atoms with Crippen molar-refractivity contribution < 1.29 is 4.42 Å². The van der Waals surface area contributed by atoms with Crippen LogP contribution in [0.2, 0.25) is 0 Å². The van der Waals surface area contributed by atoms with E-state index in [0.29, 0.717) is 0 Å². The molecule has 104 valence electrons. The molecule has 3 rings (SSSR count). The molecule has 0 aliphatic carbocycles. The van der Waals surface area contributed by atoms with Crippen molar-refractivity contribution in [3.63, 3.8) is 0 Å². The van der Waals surface area contributed by atoms with Crippen LogP contribution in [-0.2, 0) is 7.05 Å². The maximum absolute atomic E-state index is 5.90. The van der Waals surface area contributed by atoms with E-state index in [2.05, 4.69) is 27.5 Å². The second-order valence-corrected chi connectivity index (χ2v) is 5.49. The van der Waals surface area contributed by atoms with Crippen LogP contribution < -0.4 is 5.32 Å². The van der Waals surface area contributed by atoms with Crippen molar-refractivity contribution in [3.8, 4) is 0 Å². The van der Waals surface area contributed by atoms with Crippen molar-refractivity contribution in [2.75, 3.05) is 12.8 Å². The highest BCUT2D eigenvalue weighted by atomic mass is 32.2. The summed E-state index contributed by atoms with van der Waals surface area (Å²) in [5.41, 5.74) is 0.923. The minimum absolute atomic E-state index is 0.143. The maximum atomic E-state index is 5.90. The van der Waals surface area contributed by atoms with Crippen LogP contribution in [0.15, 0.2) is 46.2 Å². The lowest BCUT2D eigenvalue weighted by Crippen LogP contribution is -2.18. The van der Waals surface area contributed by atoms with Gasteiger partial charge in [0, 0.05) is 18.2 Å². The zero-order chi connectivity index (χ0) is 13.9. The third-order valence-electron chi connectivity index (χ3n) is 3.19. The molecule has 1 N–H and O–H groups in total. The number of aromatic nitrogens is 3. The third kappa shape index (κ3) is 2.57. The van der Waals surface area contributed by atoms with Crippen molar-refractivity contribution in [3.05, 3.63) is 42.4 Å². The summed E-state index contributed by atoms with van der Waals surface area (Å²) in [5, 5.41) is 9.39. The normalized spacial score (nSPS) is 12.9. The van der Waals surface area contributed by atoms with E-state index in [1.165, 1.54) is 0 Å². The van der Waals surface area contributed by atoms with Crippen LogP contribution in [0.25, 0.3) is 11.0 Å². The van der Waals surface area contributed by atoms with Gasteiger partial charge < -0.3 is 9.73 Å². The van der Waals surface area contributed by atoms with Gasteiger partial charge in [0.1, 0.15) is 17.7 Å². The zero-order valence-electron chi connectivity index (χ0n) is 11.4. The van der Waals surface area contributed by atoms with E-state index >= 15 is 0 Å². The van der Waals surface area contributed by atoms with Gasteiger partial charge in [0.2, 0.25) is 0 Å². The Morgan fingerprint density at radius 1 is 1.40 bits per heavy atom. The highest BCUT2D eigenvalue weighted by molar-refractivity contribution is 7.99. The number of nitrogens with one attached hydrogen (secondary N) is 1. The average Bonchev–Trinajstić information content (AvgIpc) is 3.06. The minimum Gasteiger partial charge on any atom is -0.459 e. The Morgan fingerprint density at radius 3 is 2.95 bits per heavy atom. The van der Waals surface area contributed by atoms with E-state index in [9.17, 15) is 0 Å². The Hall–Kier alpha value is -1.79. The molecule has 0 fully saturated rings. The molecule has 0 amide bonds. The summed E-state index contributed by atoms with van der Waals surface area (Å²) in [6.45, 7) is 0. The van der Waals surface area contributed by atoms with E-state index in [4.69, 9.17) is 4.42 Å². The summed E-state index contributed by atoms with van der Waals surface area (Å²) in [5.74, 6) is 1.78. The van der Waals surface area contributed by atoms with Crippen LogP contribution in [0, 0.1) is 0 Å². The summed E-state index contributed by atoms with van der Waals surface area (Å²) >= 11 is 1.66. The fourth-order valence-electron chi connectivity index (χ4n) is 2.06. The Labute approximate surface area is 121 Å². The lowest BCUT2D eigenvalue weighted by molar-refractivity contribution is 0.478. The number of benzene rings is 1. The summed E-state index contributed by atoms with van der Waals surface area (Å²) in [6, 6.07) is 10.3. The first kappa shape index (κ1) is 13.2. The van der Waals surface area contributed by atoms with Crippen molar-refractivity contribution in [2.24, 2.45) is 7.05 Å². The lowest BCUT2D eigenvalue weighted by Gasteiger charge is -2.12. The topological polar surface area (TPSA) is 55.9 Å². The standard InChI is InChI=1S/C14H16N4OS/c1-15-11(8-20-14-16-9-17-18(14)2)13-7-10-5-3-4-6-12(10)19-13/h3-7,9,11,15H,8H2,1-2H3. The molecule has 0 saturated carbocycles. The first-order valence-electron chi connectivity index (χ1n) is 6.40. The molecule has 1 unspecified atom stereocenters. The van der Waals surface area contributed by atoms with Crippen molar-refractivity contribution >= 4 is 22.7 Å². The molecule has 20 heavy (non-hydrogen) atoms. The van der Waals surface area contributed by atoms with E-state index in [1.807, 2.05) is 32.3 Å². The van der Waals surface area contributed by atoms with E-state index in [1.54, 1.807) is 22.8 Å². The van der Waals surface area contributed by atoms with Crippen molar-refractivity contribution in [2.45, 2.75) is 11.2 Å². The molecule has 0 aliphatic heterocycles. The second kappa shape index (κ2) is 5.68. The summed E-state index contributed by atoms with van der Waals surface area (Å²) in [7, 11) is 3.83. The molecule has 2 aromatic heterocycles. The fraction of sp³-hybridized carbons (Fsp3) is 0.286. The number of nitrogens with zero attached hydrogens (tertiary/aromatic N) is 3. The highest BCUT2D eigenvalue weighted by Crippen LogP contribution is 2.27. The largest absolute Gasteiger partial charge is 0.459 e. The Kier molecular flexibility index (Phi) is 3.75. The van der Waals surface area contributed by atoms with Crippen LogP contribution in [0.5, 0.6) is 0 Å². The molecule has 2 heterocycles. The van der Waals surface area contributed by atoms with Crippen molar-refractivity contribution in [1.29, 1.82) is 0 Å². The number of hydrogen-bond acceptors (Lipinski definition) is 5. The first-order valence-corrected chi connectivity index (χ1v) is 7.39. The lowest BCUT2D eigenvalue weighted by atomic mass is 10.2. The number of para-hydroxylation sites is 1. The number of fused-ring (bicyclic) bond motifs is 1. The van der Waals surface area contributed by atoms with E-state index < -0.39 is 0 Å². The molecule has 6 heteroatoms. The fourth-order valence-corrected chi connectivity index (χ4v) is 3.06. The van der Waals surface area contributed by atoms with E-state index in [-0.39, 0.29) is 6.04 Å². The first-order chi connectivity index (χ1) is 9.78. The Morgan fingerprint density at radius 2 is 2.25 bits per heavy atom. The zero-order valence-corrected chi connectivity index (χ0v) is 12.2. The predicted molar refractivity (Wildman–Crippen MR) is 79.7 cm³/mol. The SMILES string of the molecule is CNC(CSc1ncnn1C)c1cc2ccccc2o1. The highest BCUT2D eigenvalue weighted by Gasteiger charge is 2.16. The molecule has 0 saturated heterocycles. The van der Waals surface area contributed by atoms with Gasteiger partial charge in [-0.05, 0) is 19.2 Å². The molecule has 3 aromatic rings. The van der Waals surface area contributed by atoms with E-state index in [0.717, 1.165) is 27.6 Å². The number of furan rings is 1. The van der Waals surface area contributed by atoms with Gasteiger partial charge in [-0.2, -0.15) is 5.10 Å². The molecular formula is C14H16N4OS. The monoisotopic (exact) mass is 288 g/mol. The van der Waals surface area contributed by atoms with Gasteiger partial charge in [-0.15, -0.1) is 0 Å². The van der Waals surface area contributed by atoms with Gasteiger partial charge in [-0.3, -0.25) is 0 Å². The molecule has 0 radical (unpaired) electrons. The van der Waals surface area contributed by atoms with Gasteiger partial charge in [0.05, 0.1) is 6.04 Å². The summed E-state index contributed by atoms with van der Waals surface area (Å²) in [4.78, 5) is 4.21. The summed E-state index contributed by atoms with van der Waals surface area (Å²) in [6.07, 6.45) is 1.57. The smallest absolute Gasteiger partial charge is 0.185 e. The maximum Gasteiger partial charge on any atom is 0.185 e. The third-order valence-corrected chi connectivity index (χ3v) is 4.31. The quantitative estimate of drug-likeness (QED) is 0.731. The van der Waals surface area contributed by atoms with Gasteiger partial charge in [0.15, 0.2) is 5.16 Å². The molecular weight excluding hydrogens is 272 g/mol. The summed E-state index contributed by atoms with van der Waals surface area (Å²) < 4.78 is 7.68. The van der Waals surface area contributed by atoms with Crippen LogP contribution in [0.4, 0.5) is 0 Å². The van der Waals surface area contributed by atoms with Crippen LogP contribution in [0.3, 0.4) is 0 Å². The van der Waals surface area contributed by atoms with Crippen LogP contribution in [-0.4, -0.2) is 27.6 Å². The van der Waals surface area contributed by atoms with Crippen molar-refractivity contribution in [1.82, 2.24) is 20.1 Å². The molecule has 0 bridgehead atoms. The predicted octanol–water partition coefficient (Wildman–Crippen LogP) is 2.61. The van der Waals surface area contributed by atoms with Gasteiger partial charge in [-0.25, -0.2) is 9.67 Å². The van der Waals surface area contributed by atoms with Crippen LogP contribution >= 0.6 is 11.8 Å². The molecule has 0 aliphatic rings. The molecule has 0 spiro atoms. The molecule has 1 atom stereocenters. The number of hydrogen-bond donors (Lipinski definition) is 1. The Bertz CT molecular complexity index is 673. The minimum atomic E-state index is 0.143. The molecule has 5 nitrogen and oxygen atoms in total. The average molecular weight is 288 g/mol. The van der Waals surface area contributed by atoms with Gasteiger partial charge in [0.25, 0.3) is 0 Å². The van der Waals surface area contributed by atoms with Crippen LogP contribution in [0.1, 0.15) is 11.8 Å². The Balaban J connectivity index is 1.77. The van der Waals surface area contributed by atoms with Gasteiger partial charge >= 0.3 is 0 Å². The van der Waals surface area contributed by atoms with Gasteiger partial charge in [-0.1, -0.05) is 30.0 Å². The number of aryl methyl sites for hydroxylation is 1. The number of rotatable bonds is 5. The second-order valence-electron chi connectivity index (χ2n) is 4.51.